The molecule has 0 radical (unpaired) electrons. The standard InChI is InChI=1S/C22H34N6S/c1-6-22(2,3)27-21(29)24-16-13-11-15(12-14-16)23-20-25-18-10-8-7-9-17(18)19(26-20)28(4)5/h7-10,15-16H,6,11-14H2,1-5H3,(H,23,25,26)(H2,24,27,29). The van der Waals surface area contributed by atoms with Crippen molar-refractivity contribution in [3.8, 4) is 0 Å². The first kappa shape index (κ1) is 21.6. The Balaban J connectivity index is 1.58. The van der Waals surface area contributed by atoms with Crippen LogP contribution in [0.25, 0.3) is 10.9 Å². The van der Waals surface area contributed by atoms with Crippen molar-refractivity contribution < 1.29 is 0 Å². The Kier molecular flexibility index (Phi) is 6.77. The topological polar surface area (TPSA) is 65.1 Å². The molecule has 29 heavy (non-hydrogen) atoms. The van der Waals surface area contributed by atoms with Crippen LogP contribution < -0.4 is 20.9 Å². The van der Waals surface area contributed by atoms with Gasteiger partial charge in [-0.15, -0.1) is 0 Å². The molecule has 1 aliphatic rings. The van der Waals surface area contributed by atoms with E-state index in [0.717, 1.165) is 53.9 Å². The average Bonchev–Trinajstić information content (AvgIpc) is 2.68. The molecule has 0 aliphatic heterocycles. The SMILES string of the molecule is CCC(C)(C)NC(=S)NC1CCC(Nc2nc(N(C)C)c3ccccc3n2)CC1. The number of benzene rings is 1. The van der Waals surface area contributed by atoms with Gasteiger partial charge < -0.3 is 20.9 Å². The minimum atomic E-state index is 0.0282. The maximum Gasteiger partial charge on any atom is 0.225 e. The second-order valence-electron chi connectivity index (χ2n) is 8.81. The molecule has 2 aromatic rings. The lowest BCUT2D eigenvalue weighted by Crippen LogP contribution is -2.51. The molecular formula is C22H34N6S. The normalized spacial score (nSPS) is 19.6. The number of nitrogens with zero attached hydrogens (tertiary/aromatic N) is 3. The average molecular weight is 415 g/mol. The quantitative estimate of drug-likeness (QED) is 0.616. The van der Waals surface area contributed by atoms with Gasteiger partial charge in [-0.25, -0.2) is 4.98 Å². The van der Waals surface area contributed by atoms with E-state index in [1.165, 1.54) is 0 Å². The summed E-state index contributed by atoms with van der Waals surface area (Å²) in [6, 6.07) is 8.98. The maximum absolute atomic E-state index is 5.50. The van der Waals surface area contributed by atoms with Gasteiger partial charge in [0.1, 0.15) is 5.82 Å². The van der Waals surface area contributed by atoms with E-state index in [9.17, 15) is 0 Å². The molecule has 7 heteroatoms. The van der Waals surface area contributed by atoms with E-state index < -0.39 is 0 Å². The van der Waals surface area contributed by atoms with Crippen LogP contribution in [0.4, 0.5) is 11.8 Å². The summed E-state index contributed by atoms with van der Waals surface area (Å²) in [6.45, 7) is 6.52. The predicted molar refractivity (Wildman–Crippen MR) is 127 cm³/mol. The number of anilines is 2. The van der Waals surface area contributed by atoms with Gasteiger partial charge in [-0.3, -0.25) is 0 Å². The fraction of sp³-hybridized carbons (Fsp3) is 0.591. The van der Waals surface area contributed by atoms with Gasteiger partial charge >= 0.3 is 0 Å². The second-order valence-corrected chi connectivity index (χ2v) is 9.22. The minimum Gasteiger partial charge on any atom is -0.362 e. The molecule has 1 saturated carbocycles. The minimum absolute atomic E-state index is 0.0282. The zero-order chi connectivity index (χ0) is 21.0. The molecule has 1 aromatic carbocycles. The first-order valence-electron chi connectivity index (χ1n) is 10.6. The van der Waals surface area contributed by atoms with Crippen molar-refractivity contribution in [1.29, 1.82) is 0 Å². The lowest BCUT2D eigenvalue weighted by molar-refractivity contribution is 0.377. The van der Waals surface area contributed by atoms with E-state index in [-0.39, 0.29) is 5.54 Å². The van der Waals surface area contributed by atoms with Crippen LogP contribution in [0.2, 0.25) is 0 Å². The Morgan fingerprint density at radius 3 is 2.41 bits per heavy atom. The van der Waals surface area contributed by atoms with Gasteiger partial charge in [-0.1, -0.05) is 19.1 Å². The van der Waals surface area contributed by atoms with Crippen LogP contribution in [0.5, 0.6) is 0 Å². The first-order valence-corrected chi connectivity index (χ1v) is 11.0. The van der Waals surface area contributed by atoms with Gasteiger partial charge in [0.15, 0.2) is 5.11 Å². The number of rotatable bonds is 6. The van der Waals surface area contributed by atoms with E-state index in [0.29, 0.717) is 18.0 Å². The smallest absolute Gasteiger partial charge is 0.225 e. The van der Waals surface area contributed by atoms with Gasteiger partial charge in [-0.2, -0.15) is 4.98 Å². The van der Waals surface area contributed by atoms with Gasteiger partial charge in [0.25, 0.3) is 0 Å². The molecule has 0 atom stereocenters. The molecule has 1 fully saturated rings. The number of fused-ring (bicyclic) bond motifs is 1. The lowest BCUT2D eigenvalue weighted by atomic mass is 9.91. The molecule has 0 saturated heterocycles. The van der Waals surface area contributed by atoms with E-state index >= 15 is 0 Å². The van der Waals surface area contributed by atoms with Crippen molar-refractivity contribution in [1.82, 2.24) is 20.6 Å². The Morgan fingerprint density at radius 1 is 1.10 bits per heavy atom. The van der Waals surface area contributed by atoms with Crippen LogP contribution in [-0.4, -0.2) is 46.8 Å². The lowest BCUT2D eigenvalue weighted by Gasteiger charge is -2.33. The van der Waals surface area contributed by atoms with E-state index in [1.54, 1.807) is 0 Å². The van der Waals surface area contributed by atoms with Crippen LogP contribution in [0, 0.1) is 0 Å². The number of hydrogen-bond donors (Lipinski definition) is 3. The molecule has 0 spiro atoms. The second kappa shape index (κ2) is 9.11. The monoisotopic (exact) mass is 414 g/mol. The molecule has 1 aromatic heterocycles. The molecule has 6 nitrogen and oxygen atoms in total. The van der Waals surface area contributed by atoms with Crippen LogP contribution in [0.15, 0.2) is 24.3 Å². The third kappa shape index (κ3) is 5.69. The van der Waals surface area contributed by atoms with Gasteiger partial charge in [0.2, 0.25) is 5.95 Å². The molecule has 0 bridgehead atoms. The van der Waals surface area contributed by atoms with Crippen molar-refractivity contribution in [3.63, 3.8) is 0 Å². The van der Waals surface area contributed by atoms with Crippen LogP contribution in [-0.2, 0) is 0 Å². The Bertz CT molecular complexity index is 842. The molecule has 3 rings (SSSR count). The van der Waals surface area contributed by atoms with Crippen molar-refractivity contribution >= 4 is 40.0 Å². The Morgan fingerprint density at radius 2 is 1.76 bits per heavy atom. The Labute approximate surface area is 179 Å². The Hall–Kier alpha value is -2.15. The number of nitrogens with one attached hydrogen (secondary N) is 3. The number of thiocarbonyl (C=S) groups is 1. The summed E-state index contributed by atoms with van der Waals surface area (Å²) >= 11 is 5.50. The third-order valence-electron chi connectivity index (χ3n) is 5.74. The molecule has 0 unspecified atom stereocenters. The maximum atomic E-state index is 5.50. The fourth-order valence-electron chi connectivity index (χ4n) is 3.65. The van der Waals surface area contributed by atoms with Crippen LogP contribution in [0.1, 0.15) is 52.9 Å². The summed E-state index contributed by atoms with van der Waals surface area (Å²) in [7, 11) is 4.04. The van der Waals surface area contributed by atoms with Gasteiger partial charge in [0.05, 0.1) is 5.52 Å². The van der Waals surface area contributed by atoms with E-state index in [2.05, 4.69) is 42.8 Å². The summed E-state index contributed by atoms with van der Waals surface area (Å²) < 4.78 is 0. The number of hydrogen-bond acceptors (Lipinski definition) is 5. The summed E-state index contributed by atoms with van der Waals surface area (Å²) in [5.41, 5.74) is 0.999. The summed E-state index contributed by atoms with van der Waals surface area (Å²) in [4.78, 5) is 11.5. The van der Waals surface area contributed by atoms with Crippen molar-refractivity contribution in [2.45, 2.75) is 70.5 Å². The summed E-state index contributed by atoms with van der Waals surface area (Å²) in [5.74, 6) is 1.66. The molecule has 1 heterocycles. The molecule has 0 amide bonds. The predicted octanol–water partition coefficient (Wildman–Crippen LogP) is 4.07. The van der Waals surface area contributed by atoms with Gasteiger partial charge in [0, 0.05) is 37.1 Å². The number of aromatic nitrogens is 2. The number of para-hydroxylation sites is 1. The summed E-state index contributed by atoms with van der Waals surface area (Å²) in [6.07, 6.45) is 5.35. The zero-order valence-electron chi connectivity index (χ0n) is 18.2. The highest BCUT2D eigenvalue weighted by molar-refractivity contribution is 7.80. The van der Waals surface area contributed by atoms with Crippen LogP contribution >= 0.6 is 12.2 Å². The molecule has 1 aliphatic carbocycles. The van der Waals surface area contributed by atoms with Crippen molar-refractivity contribution in [2.75, 3.05) is 24.3 Å². The fourth-order valence-corrected chi connectivity index (χ4v) is 4.09. The third-order valence-corrected chi connectivity index (χ3v) is 5.96. The van der Waals surface area contributed by atoms with Crippen LogP contribution in [0.3, 0.4) is 0 Å². The highest BCUT2D eigenvalue weighted by atomic mass is 32.1. The molecular weight excluding hydrogens is 380 g/mol. The van der Waals surface area contributed by atoms with Crippen molar-refractivity contribution in [2.24, 2.45) is 0 Å². The zero-order valence-corrected chi connectivity index (χ0v) is 19.1. The van der Waals surface area contributed by atoms with Crippen molar-refractivity contribution in [3.05, 3.63) is 24.3 Å². The highest BCUT2D eigenvalue weighted by Crippen LogP contribution is 2.26. The first-order chi connectivity index (χ1) is 13.8. The van der Waals surface area contributed by atoms with E-state index in [1.807, 2.05) is 37.2 Å². The molecule has 3 N–H and O–H groups in total. The molecule has 158 valence electrons. The summed E-state index contributed by atoms with van der Waals surface area (Å²) in [5, 5.41) is 12.3. The van der Waals surface area contributed by atoms with E-state index in [4.69, 9.17) is 22.2 Å². The highest BCUT2D eigenvalue weighted by Gasteiger charge is 2.24. The largest absolute Gasteiger partial charge is 0.362 e. The van der Waals surface area contributed by atoms with Gasteiger partial charge in [-0.05, 0) is 70.3 Å².